The highest BCUT2D eigenvalue weighted by Gasteiger charge is 2.48. The molecule has 0 spiro atoms. The van der Waals surface area contributed by atoms with E-state index in [1.54, 1.807) is 6.92 Å². The first-order valence-electron chi connectivity index (χ1n) is 10.9. The predicted molar refractivity (Wildman–Crippen MR) is 116 cm³/mol. The lowest BCUT2D eigenvalue weighted by Crippen LogP contribution is -2.63. The van der Waals surface area contributed by atoms with Crippen LogP contribution in [0.25, 0.3) is 0 Å². The number of carbonyl (C=O) groups excluding carboxylic acids is 2. The second-order valence-corrected chi connectivity index (χ2v) is 8.79. The molecule has 1 heterocycles. The largest absolute Gasteiger partial charge is 0.388 e. The van der Waals surface area contributed by atoms with E-state index in [0.29, 0.717) is 18.5 Å². The first-order valence-corrected chi connectivity index (χ1v) is 10.9. The molecule has 5 heteroatoms. The molecule has 158 valence electrons. The van der Waals surface area contributed by atoms with Crippen LogP contribution in [0.2, 0.25) is 0 Å². The minimum absolute atomic E-state index is 0.00238. The van der Waals surface area contributed by atoms with Crippen LogP contribution in [0, 0.1) is 5.92 Å². The van der Waals surface area contributed by atoms with Crippen molar-refractivity contribution in [2.24, 2.45) is 5.92 Å². The number of aliphatic hydroxyl groups is 1. The topological polar surface area (TPSA) is 69.6 Å². The quantitative estimate of drug-likeness (QED) is 0.813. The summed E-state index contributed by atoms with van der Waals surface area (Å²) in [6.07, 6.45) is 4.33. The van der Waals surface area contributed by atoms with E-state index in [4.69, 9.17) is 0 Å². The van der Waals surface area contributed by atoms with E-state index in [1.807, 2.05) is 65.6 Å². The average molecular weight is 407 g/mol. The van der Waals surface area contributed by atoms with Gasteiger partial charge in [0.2, 0.25) is 5.91 Å². The molecule has 5 nitrogen and oxygen atoms in total. The molecular formula is C25H30N2O3. The van der Waals surface area contributed by atoms with Gasteiger partial charge in [-0.3, -0.25) is 9.59 Å². The summed E-state index contributed by atoms with van der Waals surface area (Å²) in [4.78, 5) is 28.2. The van der Waals surface area contributed by atoms with Gasteiger partial charge in [-0.05, 0) is 43.9 Å². The van der Waals surface area contributed by atoms with Crippen molar-refractivity contribution in [1.82, 2.24) is 10.2 Å². The molecule has 2 aromatic carbocycles. The Kier molecular flexibility index (Phi) is 5.91. The lowest BCUT2D eigenvalue weighted by atomic mass is 9.79. The Morgan fingerprint density at radius 1 is 1.00 bits per heavy atom. The highest BCUT2D eigenvalue weighted by atomic mass is 16.3. The molecule has 2 N–H and O–H groups in total. The van der Waals surface area contributed by atoms with E-state index in [1.165, 1.54) is 0 Å². The van der Waals surface area contributed by atoms with Crippen molar-refractivity contribution < 1.29 is 14.7 Å². The zero-order valence-electron chi connectivity index (χ0n) is 17.5. The fourth-order valence-corrected chi connectivity index (χ4v) is 4.85. The summed E-state index contributed by atoms with van der Waals surface area (Å²) in [5.74, 6) is -0.0924. The van der Waals surface area contributed by atoms with Gasteiger partial charge >= 0.3 is 0 Å². The molecule has 1 aliphatic carbocycles. The van der Waals surface area contributed by atoms with E-state index in [-0.39, 0.29) is 17.7 Å². The average Bonchev–Trinajstić information content (AvgIpc) is 3.31. The van der Waals surface area contributed by atoms with E-state index in [2.05, 4.69) is 5.32 Å². The van der Waals surface area contributed by atoms with Crippen molar-refractivity contribution in [2.45, 2.75) is 56.7 Å². The van der Waals surface area contributed by atoms with Gasteiger partial charge in [-0.2, -0.15) is 0 Å². The SMILES string of the molecule is C[C@@]1(O)CCN(C(=O)c2ccccc2)[C@@H](c2ccccc2)[C@@H]1NC(=O)C1CCCC1. The van der Waals surface area contributed by atoms with Gasteiger partial charge in [0.15, 0.2) is 0 Å². The van der Waals surface area contributed by atoms with Gasteiger partial charge in [0, 0.05) is 18.0 Å². The number of hydrogen-bond acceptors (Lipinski definition) is 3. The summed E-state index contributed by atoms with van der Waals surface area (Å²) in [7, 11) is 0. The Morgan fingerprint density at radius 2 is 1.60 bits per heavy atom. The lowest BCUT2D eigenvalue weighted by Gasteiger charge is -2.49. The van der Waals surface area contributed by atoms with Crippen LogP contribution in [0.4, 0.5) is 0 Å². The molecule has 2 aliphatic rings. The van der Waals surface area contributed by atoms with Crippen LogP contribution in [0.15, 0.2) is 60.7 Å². The number of hydrogen-bond donors (Lipinski definition) is 2. The molecule has 0 unspecified atom stereocenters. The van der Waals surface area contributed by atoms with Crippen LogP contribution in [0.3, 0.4) is 0 Å². The molecule has 2 amide bonds. The van der Waals surface area contributed by atoms with Crippen LogP contribution >= 0.6 is 0 Å². The third kappa shape index (κ3) is 4.12. The van der Waals surface area contributed by atoms with Gasteiger partial charge in [0.25, 0.3) is 5.91 Å². The Bertz CT molecular complexity index is 876. The maximum atomic E-state index is 13.4. The summed E-state index contributed by atoms with van der Waals surface area (Å²) in [6.45, 7) is 2.20. The van der Waals surface area contributed by atoms with Crippen LogP contribution in [0.5, 0.6) is 0 Å². The molecule has 2 aromatic rings. The Balaban J connectivity index is 1.70. The van der Waals surface area contributed by atoms with Crippen molar-refractivity contribution in [3.8, 4) is 0 Å². The standard InChI is InChI=1S/C25H30N2O3/c1-25(30)16-17-27(24(29)20-14-6-3-7-15-20)21(18-10-4-2-5-11-18)22(25)26-23(28)19-12-8-9-13-19/h2-7,10-11,14-15,19,21-22,30H,8-9,12-13,16-17H2,1H3,(H,26,28)/t21-,22-,25+/m0/s1. The lowest BCUT2D eigenvalue weighted by molar-refractivity contribution is -0.131. The first-order chi connectivity index (χ1) is 14.5. The number of likely N-dealkylation sites (tertiary alicyclic amines) is 1. The number of nitrogens with one attached hydrogen (secondary N) is 1. The molecule has 1 saturated carbocycles. The molecule has 0 bridgehead atoms. The number of amides is 2. The van der Waals surface area contributed by atoms with Crippen LogP contribution in [-0.4, -0.2) is 40.0 Å². The van der Waals surface area contributed by atoms with Gasteiger partial charge in [-0.1, -0.05) is 61.4 Å². The number of carbonyl (C=O) groups is 2. The first kappa shape index (κ1) is 20.6. The smallest absolute Gasteiger partial charge is 0.254 e. The highest BCUT2D eigenvalue weighted by Crippen LogP contribution is 2.38. The molecule has 3 atom stereocenters. The Labute approximate surface area is 178 Å². The molecular weight excluding hydrogens is 376 g/mol. The third-order valence-corrected chi connectivity index (χ3v) is 6.63. The van der Waals surface area contributed by atoms with Gasteiger partial charge in [0.05, 0.1) is 17.7 Å². The molecule has 1 saturated heterocycles. The minimum atomic E-state index is -1.11. The van der Waals surface area contributed by atoms with E-state index < -0.39 is 17.7 Å². The van der Waals surface area contributed by atoms with E-state index in [9.17, 15) is 14.7 Å². The Morgan fingerprint density at radius 3 is 2.23 bits per heavy atom. The number of benzene rings is 2. The number of piperidine rings is 1. The minimum Gasteiger partial charge on any atom is -0.388 e. The zero-order chi connectivity index (χ0) is 21.1. The molecule has 1 aliphatic heterocycles. The second-order valence-electron chi connectivity index (χ2n) is 8.79. The van der Waals surface area contributed by atoms with Gasteiger partial charge < -0.3 is 15.3 Å². The molecule has 0 aromatic heterocycles. The van der Waals surface area contributed by atoms with Crippen molar-refractivity contribution in [2.75, 3.05) is 6.54 Å². The fraction of sp³-hybridized carbons (Fsp3) is 0.440. The van der Waals surface area contributed by atoms with Crippen molar-refractivity contribution >= 4 is 11.8 Å². The summed E-state index contributed by atoms with van der Waals surface area (Å²) >= 11 is 0. The normalized spacial score (nSPS) is 27.1. The summed E-state index contributed by atoms with van der Waals surface area (Å²) in [6, 6.07) is 17.9. The second kappa shape index (κ2) is 8.60. The van der Waals surface area contributed by atoms with Gasteiger partial charge in [0.1, 0.15) is 0 Å². The van der Waals surface area contributed by atoms with E-state index in [0.717, 1.165) is 31.2 Å². The van der Waals surface area contributed by atoms with Crippen LogP contribution in [-0.2, 0) is 4.79 Å². The molecule has 4 rings (SSSR count). The van der Waals surface area contributed by atoms with Crippen molar-refractivity contribution in [3.05, 3.63) is 71.8 Å². The summed E-state index contributed by atoms with van der Waals surface area (Å²) in [5.41, 5.74) is 0.418. The fourth-order valence-electron chi connectivity index (χ4n) is 4.85. The van der Waals surface area contributed by atoms with Crippen molar-refractivity contribution in [1.29, 1.82) is 0 Å². The highest BCUT2D eigenvalue weighted by molar-refractivity contribution is 5.94. The third-order valence-electron chi connectivity index (χ3n) is 6.63. The summed E-state index contributed by atoms with van der Waals surface area (Å²) < 4.78 is 0. The maximum absolute atomic E-state index is 13.4. The monoisotopic (exact) mass is 406 g/mol. The van der Waals surface area contributed by atoms with Gasteiger partial charge in [-0.15, -0.1) is 0 Å². The molecule has 30 heavy (non-hydrogen) atoms. The van der Waals surface area contributed by atoms with Crippen LogP contribution < -0.4 is 5.32 Å². The molecule has 0 radical (unpaired) electrons. The number of nitrogens with zero attached hydrogens (tertiary/aromatic N) is 1. The predicted octanol–water partition coefficient (Wildman–Crippen LogP) is 3.70. The van der Waals surface area contributed by atoms with Crippen molar-refractivity contribution in [3.63, 3.8) is 0 Å². The molecule has 2 fully saturated rings. The summed E-state index contributed by atoms with van der Waals surface area (Å²) in [5, 5.41) is 14.4. The number of rotatable bonds is 4. The zero-order valence-corrected chi connectivity index (χ0v) is 17.5. The maximum Gasteiger partial charge on any atom is 0.254 e. The Hall–Kier alpha value is -2.66. The van der Waals surface area contributed by atoms with Crippen LogP contribution in [0.1, 0.15) is 61.0 Å². The van der Waals surface area contributed by atoms with E-state index >= 15 is 0 Å². The van der Waals surface area contributed by atoms with Gasteiger partial charge in [-0.25, -0.2) is 0 Å².